The molecule has 0 atom stereocenters. The molecule has 0 amide bonds. The Morgan fingerprint density at radius 2 is 1.87 bits per heavy atom. The molecule has 0 spiro atoms. The molecule has 15 heavy (non-hydrogen) atoms. The molecule has 2 heteroatoms. The Labute approximate surface area is 99.8 Å². The van der Waals surface area contributed by atoms with Crippen LogP contribution in [0.5, 0.6) is 0 Å². The molecule has 0 bridgehead atoms. The third-order valence-electron chi connectivity index (χ3n) is 3.08. The van der Waals surface area contributed by atoms with Gasteiger partial charge >= 0.3 is 0 Å². The smallest absolute Gasteiger partial charge is 0.00470 e. The lowest BCUT2D eigenvalue weighted by molar-refractivity contribution is 0.515. The summed E-state index contributed by atoms with van der Waals surface area (Å²) in [7, 11) is 0. The SMILES string of the molecule is CCCNCCCCSC1CCCCC1. The first kappa shape index (κ1) is 13.4. The predicted molar refractivity (Wildman–Crippen MR) is 71.7 cm³/mol. The van der Waals surface area contributed by atoms with Gasteiger partial charge in [-0.05, 0) is 50.9 Å². The van der Waals surface area contributed by atoms with Crippen LogP contribution >= 0.6 is 11.8 Å². The van der Waals surface area contributed by atoms with E-state index in [2.05, 4.69) is 24.0 Å². The molecule has 1 nitrogen and oxygen atoms in total. The fraction of sp³-hybridized carbons (Fsp3) is 1.00. The third-order valence-corrected chi connectivity index (χ3v) is 4.55. The molecule has 1 saturated carbocycles. The molecule has 0 heterocycles. The van der Waals surface area contributed by atoms with Gasteiger partial charge in [-0.25, -0.2) is 0 Å². The highest BCUT2D eigenvalue weighted by molar-refractivity contribution is 7.99. The van der Waals surface area contributed by atoms with Crippen LogP contribution in [0.25, 0.3) is 0 Å². The third kappa shape index (κ3) is 7.24. The summed E-state index contributed by atoms with van der Waals surface area (Å²) in [6, 6.07) is 0. The number of nitrogens with one attached hydrogen (secondary N) is 1. The van der Waals surface area contributed by atoms with E-state index in [0.29, 0.717) is 0 Å². The second-order valence-electron chi connectivity index (χ2n) is 4.59. The van der Waals surface area contributed by atoms with Gasteiger partial charge in [0.1, 0.15) is 0 Å². The van der Waals surface area contributed by atoms with Crippen LogP contribution in [0.4, 0.5) is 0 Å². The van der Waals surface area contributed by atoms with Crippen molar-refractivity contribution in [1.29, 1.82) is 0 Å². The van der Waals surface area contributed by atoms with Crippen LogP contribution in [-0.2, 0) is 0 Å². The summed E-state index contributed by atoms with van der Waals surface area (Å²) in [4.78, 5) is 0. The van der Waals surface area contributed by atoms with Crippen LogP contribution in [0.15, 0.2) is 0 Å². The molecule has 0 unspecified atom stereocenters. The van der Waals surface area contributed by atoms with E-state index in [1.165, 1.54) is 70.2 Å². The van der Waals surface area contributed by atoms with Gasteiger partial charge in [0.05, 0.1) is 0 Å². The number of hydrogen-bond acceptors (Lipinski definition) is 2. The van der Waals surface area contributed by atoms with Crippen molar-refractivity contribution in [3.63, 3.8) is 0 Å². The summed E-state index contributed by atoms with van der Waals surface area (Å²) in [5.41, 5.74) is 0. The minimum absolute atomic E-state index is 1.00. The molecule has 0 aromatic rings. The predicted octanol–water partition coefficient (Wildman–Crippen LogP) is 3.83. The number of thioether (sulfide) groups is 1. The Kier molecular flexibility index (Phi) is 8.50. The van der Waals surface area contributed by atoms with Crippen molar-refractivity contribution < 1.29 is 0 Å². The largest absolute Gasteiger partial charge is 0.317 e. The normalized spacial score (nSPS) is 18.2. The van der Waals surface area contributed by atoms with Crippen LogP contribution in [0, 0.1) is 0 Å². The van der Waals surface area contributed by atoms with Crippen molar-refractivity contribution in [2.45, 2.75) is 63.5 Å². The lowest BCUT2D eigenvalue weighted by Crippen LogP contribution is -2.16. The first-order valence-corrected chi connectivity index (χ1v) is 7.80. The Hall–Kier alpha value is 0.310. The fourth-order valence-electron chi connectivity index (χ4n) is 2.14. The highest BCUT2D eigenvalue weighted by atomic mass is 32.2. The first-order valence-electron chi connectivity index (χ1n) is 6.76. The molecule has 1 aliphatic rings. The maximum atomic E-state index is 3.46. The van der Waals surface area contributed by atoms with Crippen molar-refractivity contribution in [2.75, 3.05) is 18.8 Å². The van der Waals surface area contributed by atoms with Gasteiger partial charge in [-0.15, -0.1) is 0 Å². The summed E-state index contributed by atoms with van der Waals surface area (Å²) in [6.45, 7) is 4.64. The molecule has 90 valence electrons. The zero-order valence-corrected chi connectivity index (χ0v) is 11.1. The summed E-state index contributed by atoms with van der Waals surface area (Å²) < 4.78 is 0. The minimum Gasteiger partial charge on any atom is -0.317 e. The van der Waals surface area contributed by atoms with Gasteiger partial charge in [-0.3, -0.25) is 0 Å². The summed E-state index contributed by atoms with van der Waals surface area (Å²) in [5, 5.41) is 4.47. The summed E-state index contributed by atoms with van der Waals surface area (Å²) in [5.74, 6) is 1.39. The highest BCUT2D eigenvalue weighted by Gasteiger charge is 2.12. The van der Waals surface area contributed by atoms with Crippen LogP contribution in [0.1, 0.15) is 58.3 Å². The maximum absolute atomic E-state index is 3.46. The van der Waals surface area contributed by atoms with Crippen molar-refractivity contribution in [3.8, 4) is 0 Å². The van der Waals surface area contributed by atoms with Gasteiger partial charge in [0.2, 0.25) is 0 Å². The minimum atomic E-state index is 1.00. The van der Waals surface area contributed by atoms with Crippen LogP contribution < -0.4 is 5.32 Å². The van der Waals surface area contributed by atoms with E-state index < -0.39 is 0 Å². The van der Waals surface area contributed by atoms with E-state index in [0.717, 1.165) is 5.25 Å². The van der Waals surface area contributed by atoms with E-state index in [4.69, 9.17) is 0 Å². The zero-order chi connectivity index (χ0) is 10.8. The molecule has 0 aromatic heterocycles. The van der Waals surface area contributed by atoms with Crippen molar-refractivity contribution in [2.24, 2.45) is 0 Å². The quantitative estimate of drug-likeness (QED) is 0.635. The van der Waals surface area contributed by atoms with E-state index in [1.807, 2.05) is 0 Å². The van der Waals surface area contributed by atoms with Crippen LogP contribution in [0.2, 0.25) is 0 Å². The van der Waals surface area contributed by atoms with Crippen molar-refractivity contribution in [1.82, 2.24) is 5.32 Å². The lowest BCUT2D eigenvalue weighted by Gasteiger charge is -2.20. The van der Waals surface area contributed by atoms with Gasteiger partial charge in [0.25, 0.3) is 0 Å². The number of hydrogen-bond donors (Lipinski definition) is 1. The first-order chi connectivity index (χ1) is 7.43. The van der Waals surface area contributed by atoms with Gasteiger partial charge in [-0.1, -0.05) is 26.2 Å². The molecule has 1 N–H and O–H groups in total. The van der Waals surface area contributed by atoms with Gasteiger partial charge < -0.3 is 5.32 Å². The lowest BCUT2D eigenvalue weighted by atomic mass is 10.0. The van der Waals surface area contributed by atoms with Crippen molar-refractivity contribution >= 4 is 11.8 Å². The average molecular weight is 229 g/mol. The maximum Gasteiger partial charge on any atom is 0.00470 e. The van der Waals surface area contributed by atoms with Crippen molar-refractivity contribution in [3.05, 3.63) is 0 Å². The van der Waals surface area contributed by atoms with Crippen LogP contribution in [0.3, 0.4) is 0 Å². The molecule has 0 aliphatic heterocycles. The molecular weight excluding hydrogens is 202 g/mol. The molecule has 0 aromatic carbocycles. The summed E-state index contributed by atoms with van der Waals surface area (Å²) in [6.07, 6.45) is 11.4. The Morgan fingerprint density at radius 3 is 2.60 bits per heavy atom. The second-order valence-corrected chi connectivity index (χ2v) is 6.00. The summed E-state index contributed by atoms with van der Waals surface area (Å²) >= 11 is 2.23. The Morgan fingerprint density at radius 1 is 1.07 bits per heavy atom. The Balaban J connectivity index is 1.79. The standard InChI is InChI=1S/C13H27NS/c1-2-10-14-11-6-7-12-15-13-8-4-3-5-9-13/h13-14H,2-12H2,1H3. The topological polar surface area (TPSA) is 12.0 Å². The van der Waals surface area contributed by atoms with Gasteiger partial charge in [0.15, 0.2) is 0 Å². The molecule has 0 saturated heterocycles. The molecule has 1 aliphatic carbocycles. The van der Waals surface area contributed by atoms with E-state index >= 15 is 0 Å². The van der Waals surface area contributed by atoms with E-state index in [9.17, 15) is 0 Å². The number of unbranched alkanes of at least 4 members (excludes halogenated alkanes) is 1. The monoisotopic (exact) mass is 229 g/mol. The molecule has 0 radical (unpaired) electrons. The molecule has 1 fully saturated rings. The molecule has 1 rings (SSSR count). The Bertz CT molecular complexity index is 132. The van der Waals surface area contributed by atoms with E-state index in [-0.39, 0.29) is 0 Å². The van der Waals surface area contributed by atoms with Gasteiger partial charge in [0, 0.05) is 5.25 Å². The second kappa shape index (κ2) is 9.53. The fourth-order valence-corrected chi connectivity index (χ4v) is 3.51. The van der Waals surface area contributed by atoms with Gasteiger partial charge in [-0.2, -0.15) is 11.8 Å². The molecular formula is C13H27NS. The van der Waals surface area contributed by atoms with E-state index in [1.54, 1.807) is 0 Å². The number of rotatable bonds is 8. The highest BCUT2D eigenvalue weighted by Crippen LogP contribution is 2.28. The average Bonchev–Trinajstić information content (AvgIpc) is 2.29. The zero-order valence-electron chi connectivity index (χ0n) is 10.3. The van der Waals surface area contributed by atoms with Crippen LogP contribution in [-0.4, -0.2) is 24.1 Å².